The molecule has 8 heteroatoms. The lowest BCUT2D eigenvalue weighted by atomic mass is 10.1. The molecule has 0 bridgehead atoms. The van der Waals surface area contributed by atoms with Crippen LogP contribution in [0.15, 0.2) is 42.7 Å². The van der Waals surface area contributed by atoms with Crippen molar-refractivity contribution in [2.75, 3.05) is 31.1 Å². The summed E-state index contributed by atoms with van der Waals surface area (Å²) in [5.41, 5.74) is 2.57. The van der Waals surface area contributed by atoms with Crippen LogP contribution in [-0.4, -0.2) is 41.1 Å². The van der Waals surface area contributed by atoms with Crippen LogP contribution in [-0.2, 0) is 0 Å². The molecule has 28 heavy (non-hydrogen) atoms. The Kier molecular flexibility index (Phi) is 5.62. The first-order valence-corrected chi connectivity index (χ1v) is 9.73. The number of aromatic nitrogens is 3. The summed E-state index contributed by atoms with van der Waals surface area (Å²) in [4.78, 5) is 15.6. The predicted octanol–water partition coefficient (Wildman–Crippen LogP) is 4.36. The Labute approximate surface area is 173 Å². The van der Waals surface area contributed by atoms with E-state index in [4.69, 9.17) is 27.9 Å². The molecule has 3 aromatic rings. The van der Waals surface area contributed by atoms with Crippen molar-refractivity contribution in [1.29, 1.82) is 0 Å². The standard InChI is InChI=1S/C20H19Cl2N5O/c1-13-6-18(14-8-15(21)10-16(22)9-14)26-19(7-13)28-17-11-24-20(25-12-17)27-4-2-23-3-5-27/h6-12,23H,2-5H2,1H3. The zero-order chi connectivity index (χ0) is 19.5. The molecule has 0 aliphatic carbocycles. The van der Waals surface area contributed by atoms with Gasteiger partial charge in [0.05, 0.1) is 18.1 Å². The van der Waals surface area contributed by atoms with Gasteiger partial charge in [0, 0.05) is 47.9 Å². The molecule has 0 saturated carbocycles. The van der Waals surface area contributed by atoms with Gasteiger partial charge in [-0.3, -0.25) is 0 Å². The number of rotatable bonds is 4. The van der Waals surface area contributed by atoms with Crippen LogP contribution in [0.5, 0.6) is 11.6 Å². The van der Waals surface area contributed by atoms with Crippen molar-refractivity contribution in [1.82, 2.24) is 20.3 Å². The highest BCUT2D eigenvalue weighted by Crippen LogP contribution is 2.29. The van der Waals surface area contributed by atoms with Gasteiger partial charge in [0.1, 0.15) is 0 Å². The van der Waals surface area contributed by atoms with Crippen LogP contribution in [0.2, 0.25) is 10.0 Å². The molecule has 0 atom stereocenters. The van der Waals surface area contributed by atoms with Gasteiger partial charge in [-0.05, 0) is 36.8 Å². The fourth-order valence-corrected chi connectivity index (χ4v) is 3.57. The van der Waals surface area contributed by atoms with Gasteiger partial charge in [0.15, 0.2) is 5.75 Å². The lowest BCUT2D eigenvalue weighted by molar-refractivity contribution is 0.458. The van der Waals surface area contributed by atoms with E-state index in [0.717, 1.165) is 43.0 Å². The van der Waals surface area contributed by atoms with Crippen LogP contribution in [0, 0.1) is 6.92 Å². The SMILES string of the molecule is Cc1cc(Oc2cnc(N3CCNCC3)nc2)nc(-c2cc(Cl)cc(Cl)c2)c1. The molecule has 0 spiro atoms. The van der Waals surface area contributed by atoms with Crippen molar-refractivity contribution in [3.63, 3.8) is 0 Å². The number of benzene rings is 1. The minimum absolute atomic E-state index is 0.463. The Balaban J connectivity index is 1.55. The third-order valence-electron chi connectivity index (χ3n) is 4.34. The van der Waals surface area contributed by atoms with Gasteiger partial charge in [-0.25, -0.2) is 15.0 Å². The van der Waals surface area contributed by atoms with Crippen LogP contribution in [0.3, 0.4) is 0 Å². The van der Waals surface area contributed by atoms with Crippen molar-refractivity contribution < 1.29 is 4.74 Å². The van der Waals surface area contributed by atoms with E-state index < -0.39 is 0 Å². The van der Waals surface area contributed by atoms with Crippen LogP contribution in [0.4, 0.5) is 5.95 Å². The second-order valence-electron chi connectivity index (χ2n) is 6.58. The number of hydrogen-bond donors (Lipinski definition) is 1. The van der Waals surface area contributed by atoms with E-state index in [1.54, 1.807) is 18.5 Å². The fraction of sp³-hybridized carbons (Fsp3) is 0.250. The number of hydrogen-bond acceptors (Lipinski definition) is 6. The van der Waals surface area contributed by atoms with E-state index in [9.17, 15) is 0 Å². The Bertz CT molecular complexity index is 955. The molecule has 144 valence electrons. The van der Waals surface area contributed by atoms with E-state index in [1.807, 2.05) is 31.2 Å². The fourth-order valence-electron chi connectivity index (χ4n) is 3.05. The number of anilines is 1. The smallest absolute Gasteiger partial charge is 0.225 e. The van der Waals surface area contributed by atoms with Gasteiger partial charge in [-0.1, -0.05) is 23.2 Å². The monoisotopic (exact) mass is 415 g/mol. The molecule has 0 radical (unpaired) electrons. The quantitative estimate of drug-likeness (QED) is 0.682. The summed E-state index contributed by atoms with van der Waals surface area (Å²) in [5.74, 6) is 1.71. The second-order valence-corrected chi connectivity index (χ2v) is 7.46. The van der Waals surface area contributed by atoms with Gasteiger partial charge < -0.3 is 15.0 Å². The maximum atomic E-state index is 6.12. The third-order valence-corrected chi connectivity index (χ3v) is 4.78. The van der Waals surface area contributed by atoms with Crippen molar-refractivity contribution in [2.24, 2.45) is 0 Å². The van der Waals surface area contributed by atoms with Gasteiger partial charge in [-0.2, -0.15) is 0 Å². The van der Waals surface area contributed by atoms with E-state index >= 15 is 0 Å². The van der Waals surface area contributed by atoms with Crippen molar-refractivity contribution >= 4 is 29.2 Å². The lowest BCUT2D eigenvalue weighted by Crippen LogP contribution is -2.44. The number of nitrogens with zero attached hydrogens (tertiary/aromatic N) is 4. The molecule has 1 fully saturated rings. The number of ether oxygens (including phenoxy) is 1. The van der Waals surface area contributed by atoms with Gasteiger partial charge in [-0.15, -0.1) is 0 Å². The summed E-state index contributed by atoms with van der Waals surface area (Å²) < 4.78 is 5.89. The molecular weight excluding hydrogens is 397 g/mol. The zero-order valence-corrected chi connectivity index (χ0v) is 16.8. The van der Waals surface area contributed by atoms with Crippen molar-refractivity contribution in [3.8, 4) is 22.9 Å². The molecule has 1 N–H and O–H groups in total. The topological polar surface area (TPSA) is 63.2 Å². The first-order chi connectivity index (χ1) is 13.6. The number of halogens is 2. The van der Waals surface area contributed by atoms with E-state index in [1.165, 1.54) is 0 Å². The molecule has 3 heterocycles. The summed E-state index contributed by atoms with van der Waals surface area (Å²) in [6.07, 6.45) is 3.34. The predicted molar refractivity (Wildman–Crippen MR) is 112 cm³/mol. The summed E-state index contributed by atoms with van der Waals surface area (Å²) in [6, 6.07) is 9.16. The molecule has 1 aromatic carbocycles. The Morgan fingerprint density at radius 1 is 0.964 bits per heavy atom. The zero-order valence-electron chi connectivity index (χ0n) is 15.3. The molecule has 1 saturated heterocycles. The van der Waals surface area contributed by atoms with Crippen LogP contribution in [0.25, 0.3) is 11.3 Å². The minimum atomic E-state index is 0.463. The molecule has 0 unspecified atom stereocenters. The van der Waals surface area contributed by atoms with Gasteiger partial charge in [0.2, 0.25) is 11.8 Å². The highest BCUT2D eigenvalue weighted by molar-refractivity contribution is 6.35. The minimum Gasteiger partial charge on any atom is -0.436 e. The number of nitrogens with one attached hydrogen (secondary N) is 1. The second kappa shape index (κ2) is 8.31. The number of aryl methyl sites for hydroxylation is 1. The average Bonchev–Trinajstić information content (AvgIpc) is 2.68. The summed E-state index contributed by atoms with van der Waals surface area (Å²) in [5, 5.41) is 4.43. The maximum Gasteiger partial charge on any atom is 0.225 e. The highest BCUT2D eigenvalue weighted by atomic mass is 35.5. The average molecular weight is 416 g/mol. The molecule has 4 rings (SSSR count). The van der Waals surface area contributed by atoms with Crippen LogP contribution in [0.1, 0.15) is 5.56 Å². The van der Waals surface area contributed by atoms with Crippen molar-refractivity contribution in [2.45, 2.75) is 6.92 Å². The summed E-state index contributed by atoms with van der Waals surface area (Å²) >= 11 is 12.2. The largest absolute Gasteiger partial charge is 0.436 e. The summed E-state index contributed by atoms with van der Waals surface area (Å²) in [7, 11) is 0. The first kappa shape index (κ1) is 18.9. The third kappa shape index (κ3) is 4.52. The van der Waals surface area contributed by atoms with E-state index in [0.29, 0.717) is 27.6 Å². The highest BCUT2D eigenvalue weighted by Gasteiger charge is 2.13. The lowest BCUT2D eigenvalue weighted by Gasteiger charge is -2.27. The Morgan fingerprint density at radius 3 is 2.32 bits per heavy atom. The number of piperazine rings is 1. The van der Waals surface area contributed by atoms with Crippen LogP contribution < -0.4 is 15.0 Å². The maximum absolute atomic E-state index is 6.12. The Morgan fingerprint density at radius 2 is 1.64 bits per heavy atom. The van der Waals surface area contributed by atoms with Gasteiger partial charge in [0.25, 0.3) is 0 Å². The first-order valence-electron chi connectivity index (χ1n) is 8.97. The molecule has 2 aromatic heterocycles. The van der Waals surface area contributed by atoms with Crippen molar-refractivity contribution in [3.05, 3.63) is 58.3 Å². The normalized spacial score (nSPS) is 14.2. The molecule has 1 aliphatic heterocycles. The van der Waals surface area contributed by atoms with E-state index in [-0.39, 0.29) is 0 Å². The van der Waals surface area contributed by atoms with E-state index in [2.05, 4.69) is 25.2 Å². The van der Waals surface area contributed by atoms with Crippen LogP contribution >= 0.6 is 23.2 Å². The van der Waals surface area contributed by atoms with Gasteiger partial charge >= 0.3 is 0 Å². The Hall–Kier alpha value is -2.41. The molecule has 0 amide bonds. The number of pyridine rings is 1. The summed E-state index contributed by atoms with van der Waals surface area (Å²) in [6.45, 7) is 5.64. The molecule has 1 aliphatic rings. The molecular formula is C20H19Cl2N5O. The molecule has 6 nitrogen and oxygen atoms in total.